The van der Waals surface area contributed by atoms with Crippen LogP contribution in [0, 0.1) is 11.3 Å². The lowest BCUT2D eigenvalue weighted by molar-refractivity contribution is -0.137. The predicted molar refractivity (Wildman–Crippen MR) is 60.9 cm³/mol. The molecule has 0 saturated carbocycles. The quantitative estimate of drug-likeness (QED) is 0.876. The first-order chi connectivity index (χ1) is 8.19. The van der Waals surface area contributed by atoms with Crippen molar-refractivity contribution in [1.29, 1.82) is 5.26 Å². The van der Waals surface area contributed by atoms with Crippen LogP contribution >= 0.6 is 0 Å². The van der Waals surface area contributed by atoms with Crippen LogP contribution in [0.5, 0.6) is 0 Å². The first-order valence-electron chi connectivity index (χ1n) is 5.20. The van der Waals surface area contributed by atoms with Crippen LogP contribution in [0.15, 0.2) is 18.2 Å². The SMILES string of the molecule is CC(C)(CO)Nc1ccc(C(F)(F)F)cc1C#N. The molecule has 0 aliphatic heterocycles. The van der Waals surface area contributed by atoms with Crippen molar-refractivity contribution in [3.05, 3.63) is 29.3 Å². The van der Waals surface area contributed by atoms with Crippen LogP contribution in [-0.4, -0.2) is 17.3 Å². The van der Waals surface area contributed by atoms with Crippen LogP contribution in [0.1, 0.15) is 25.0 Å². The van der Waals surface area contributed by atoms with Gasteiger partial charge in [0.05, 0.1) is 29.0 Å². The lowest BCUT2D eigenvalue weighted by Crippen LogP contribution is -2.35. The van der Waals surface area contributed by atoms with Crippen LogP contribution in [-0.2, 0) is 6.18 Å². The van der Waals surface area contributed by atoms with Crippen LogP contribution in [0.2, 0.25) is 0 Å². The zero-order valence-corrected chi connectivity index (χ0v) is 9.97. The summed E-state index contributed by atoms with van der Waals surface area (Å²) in [4.78, 5) is 0. The highest BCUT2D eigenvalue weighted by atomic mass is 19.4. The highest BCUT2D eigenvalue weighted by molar-refractivity contribution is 5.60. The normalized spacial score (nSPS) is 12.1. The summed E-state index contributed by atoms with van der Waals surface area (Å²) in [6, 6.07) is 4.59. The molecule has 0 spiro atoms. The Morgan fingerprint density at radius 2 is 1.94 bits per heavy atom. The maximum Gasteiger partial charge on any atom is 0.416 e. The van der Waals surface area contributed by atoms with Gasteiger partial charge in [-0.05, 0) is 32.0 Å². The fourth-order valence-corrected chi connectivity index (χ4v) is 1.33. The fraction of sp³-hybridized carbons (Fsp3) is 0.417. The molecule has 0 atom stereocenters. The van der Waals surface area contributed by atoms with Gasteiger partial charge in [-0.2, -0.15) is 18.4 Å². The molecule has 0 heterocycles. The second-order valence-electron chi connectivity index (χ2n) is 4.54. The van der Waals surface area contributed by atoms with Crippen LogP contribution < -0.4 is 5.32 Å². The topological polar surface area (TPSA) is 56.0 Å². The summed E-state index contributed by atoms with van der Waals surface area (Å²) in [5.41, 5.74) is -1.42. The minimum absolute atomic E-state index is 0.105. The highest BCUT2D eigenvalue weighted by Crippen LogP contribution is 2.32. The average Bonchev–Trinajstić information content (AvgIpc) is 2.27. The molecule has 1 aromatic rings. The predicted octanol–water partition coefficient (Wildman–Crippen LogP) is 2.76. The molecule has 1 aromatic carbocycles. The zero-order valence-electron chi connectivity index (χ0n) is 9.97. The van der Waals surface area contributed by atoms with E-state index in [1.807, 2.05) is 0 Å². The number of anilines is 1. The number of nitrogens with one attached hydrogen (secondary N) is 1. The molecule has 98 valence electrons. The second-order valence-corrected chi connectivity index (χ2v) is 4.54. The molecular formula is C12H13F3N2O. The standard InChI is InChI=1S/C12H13F3N2O/c1-11(2,7-18)17-10-4-3-9(12(13,14)15)5-8(10)6-16/h3-5,17-18H,7H2,1-2H3. The highest BCUT2D eigenvalue weighted by Gasteiger charge is 2.31. The average molecular weight is 258 g/mol. The third-order valence-electron chi connectivity index (χ3n) is 2.34. The largest absolute Gasteiger partial charge is 0.416 e. The van der Waals surface area contributed by atoms with Gasteiger partial charge in [0.25, 0.3) is 0 Å². The number of nitriles is 1. The van der Waals surface area contributed by atoms with Gasteiger partial charge in [-0.15, -0.1) is 0 Å². The Bertz CT molecular complexity index is 475. The summed E-state index contributed by atoms with van der Waals surface area (Å²) in [5.74, 6) is 0. The van der Waals surface area contributed by atoms with Crippen molar-refractivity contribution in [3.63, 3.8) is 0 Å². The van der Waals surface area contributed by atoms with E-state index in [-0.39, 0.29) is 17.9 Å². The molecule has 18 heavy (non-hydrogen) atoms. The van der Waals surface area contributed by atoms with Gasteiger partial charge < -0.3 is 10.4 Å². The molecule has 0 fully saturated rings. The molecule has 0 saturated heterocycles. The van der Waals surface area contributed by atoms with Crippen molar-refractivity contribution >= 4 is 5.69 Å². The Labute approximate surface area is 103 Å². The lowest BCUT2D eigenvalue weighted by Gasteiger charge is -2.25. The van der Waals surface area contributed by atoms with Crippen LogP contribution in [0.4, 0.5) is 18.9 Å². The van der Waals surface area contributed by atoms with Gasteiger partial charge in [-0.3, -0.25) is 0 Å². The molecule has 2 N–H and O–H groups in total. The summed E-state index contributed by atoms with van der Waals surface area (Å²) < 4.78 is 37.4. The van der Waals surface area contributed by atoms with Crippen molar-refractivity contribution < 1.29 is 18.3 Å². The van der Waals surface area contributed by atoms with E-state index in [0.717, 1.165) is 12.1 Å². The third-order valence-corrected chi connectivity index (χ3v) is 2.34. The summed E-state index contributed by atoms with van der Waals surface area (Å²) in [7, 11) is 0. The number of hydrogen-bond acceptors (Lipinski definition) is 3. The number of aliphatic hydroxyl groups excluding tert-OH is 1. The van der Waals surface area contributed by atoms with E-state index in [9.17, 15) is 13.2 Å². The van der Waals surface area contributed by atoms with E-state index < -0.39 is 17.3 Å². The molecule has 6 heteroatoms. The number of halogens is 3. The molecule has 0 aliphatic carbocycles. The van der Waals surface area contributed by atoms with Crippen molar-refractivity contribution in [2.45, 2.75) is 25.6 Å². The zero-order chi connectivity index (χ0) is 14.0. The van der Waals surface area contributed by atoms with Gasteiger partial charge in [0, 0.05) is 0 Å². The van der Waals surface area contributed by atoms with E-state index >= 15 is 0 Å². The van der Waals surface area contributed by atoms with Crippen LogP contribution in [0.3, 0.4) is 0 Å². The Morgan fingerprint density at radius 3 is 2.39 bits per heavy atom. The van der Waals surface area contributed by atoms with Crippen LogP contribution in [0.25, 0.3) is 0 Å². The molecule has 0 bridgehead atoms. The van der Waals surface area contributed by atoms with Gasteiger partial charge in [0.2, 0.25) is 0 Å². The van der Waals surface area contributed by atoms with Gasteiger partial charge in [-0.25, -0.2) is 0 Å². The number of aliphatic hydroxyl groups is 1. The second kappa shape index (κ2) is 4.86. The smallest absolute Gasteiger partial charge is 0.394 e. The van der Waals surface area contributed by atoms with E-state index in [1.54, 1.807) is 19.9 Å². The Morgan fingerprint density at radius 1 is 1.33 bits per heavy atom. The van der Waals surface area contributed by atoms with E-state index in [1.165, 1.54) is 6.07 Å². The van der Waals surface area contributed by atoms with Gasteiger partial charge >= 0.3 is 6.18 Å². The Balaban J connectivity index is 3.14. The van der Waals surface area contributed by atoms with Crippen molar-refractivity contribution in [3.8, 4) is 6.07 Å². The molecule has 0 unspecified atom stereocenters. The summed E-state index contributed by atoms with van der Waals surface area (Å²) >= 11 is 0. The van der Waals surface area contributed by atoms with Crippen molar-refractivity contribution in [2.24, 2.45) is 0 Å². The fourth-order valence-electron chi connectivity index (χ4n) is 1.33. The minimum Gasteiger partial charge on any atom is -0.394 e. The Kier molecular flexibility index (Phi) is 3.87. The summed E-state index contributed by atoms with van der Waals surface area (Å²) in [6.45, 7) is 3.14. The molecule has 3 nitrogen and oxygen atoms in total. The first-order valence-corrected chi connectivity index (χ1v) is 5.20. The molecule has 0 aromatic heterocycles. The summed E-state index contributed by atoms with van der Waals surface area (Å²) in [6.07, 6.45) is -4.48. The molecule has 1 rings (SSSR count). The third kappa shape index (κ3) is 3.37. The molecule has 0 aliphatic rings. The van der Waals surface area contributed by atoms with E-state index in [0.29, 0.717) is 0 Å². The number of benzene rings is 1. The van der Waals surface area contributed by atoms with Crippen molar-refractivity contribution in [1.82, 2.24) is 0 Å². The molecule has 0 amide bonds. The van der Waals surface area contributed by atoms with E-state index in [4.69, 9.17) is 10.4 Å². The maximum atomic E-state index is 12.5. The maximum absolute atomic E-state index is 12.5. The van der Waals surface area contributed by atoms with Crippen molar-refractivity contribution in [2.75, 3.05) is 11.9 Å². The molecule has 0 radical (unpaired) electrons. The Hall–Kier alpha value is -1.74. The number of alkyl halides is 3. The number of hydrogen-bond donors (Lipinski definition) is 2. The van der Waals surface area contributed by atoms with Gasteiger partial charge in [-0.1, -0.05) is 0 Å². The number of rotatable bonds is 3. The van der Waals surface area contributed by atoms with Gasteiger partial charge in [0.15, 0.2) is 0 Å². The minimum atomic E-state index is -4.48. The van der Waals surface area contributed by atoms with E-state index in [2.05, 4.69) is 5.32 Å². The first kappa shape index (κ1) is 14.3. The molecular weight excluding hydrogens is 245 g/mol. The summed E-state index contributed by atoms with van der Waals surface area (Å²) in [5, 5.41) is 20.8. The monoisotopic (exact) mass is 258 g/mol. The number of nitrogens with zero attached hydrogens (tertiary/aromatic N) is 1. The lowest BCUT2D eigenvalue weighted by atomic mass is 10.0. The van der Waals surface area contributed by atoms with Gasteiger partial charge in [0.1, 0.15) is 6.07 Å².